The van der Waals surface area contributed by atoms with Gasteiger partial charge in [0.05, 0.1) is 6.04 Å². The summed E-state index contributed by atoms with van der Waals surface area (Å²) in [7, 11) is 0. The van der Waals surface area contributed by atoms with E-state index in [1.54, 1.807) is 0 Å². The van der Waals surface area contributed by atoms with E-state index >= 15 is 0 Å². The number of carbonyl (C=O) groups is 1. The first-order chi connectivity index (χ1) is 6.76. The number of halogens is 1. The third kappa shape index (κ3) is 0.934. The second-order valence-corrected chi connectivity index (χ2v) is 5.02. The largest absolute Gasteiger partial charge is 0.375 e. The van der Waals surface area contributed by atoms with Gasteiger partial charge in [0.2, 0.25) is 0 Å². The first kappa shape index (κ1) is 8.48. The van der Waals surface area contributed by atoms with Gasteiger partial charge in [0.25, 0.3) is 0 Å². The fourth-order valence-electron chi connectivity index (χ4n) is 2.41. The van der Waals surface area contributed by atoms with Gasteiger partial charge in [0.15, 0.2) is 0 Å². The lowest BCUT2D eigenvalue weighted by atomic mass is 9.92. The summed E-state index contributed by atoms with van der Waals surface area (Å²) in [4.78, 5) is 10.9. The van der Waals surface area contributed by atoms with Crippen LogP contribution < -0.4 is 5.32 Å². The minimum atomic E-state index is -0.00759. The molecular weight excluding hydrogens is 242 g/mol. The van der Waals surface area contributed by atoms with Gasteiger partial charge in [-0.1, -0.05) is 15.9 Å². The summed E-state index contributed by atoms with van der Waals surface area (Å²) in [5, 5.41) is 3.28. The van der Waals surface area contributed by atoms with Crippen LogP contribution in [-0.4, -0.2) is 12.3 Å². The number of rotatable bonds is 1. The maximum atomic E-state index is 10.9. The summed E-state index contributed by atoms with van der Waals surface area (Å²) in [6.45, 7) is 0. The van der Waals surface area contributed by atoms with Crippen LogP contribution in [0.4, 0.5) is 5.69 Å². The molecule has 1 unspecified atom stereocenters. The van der Waals surface area contributed by atoms with Crippen molar-refractivity contribution in [2.45, 2.75) is 24.3 Å². The number of carbonyl (C=O) groups excluding carboxylic acids is 1. The fourth-order valence-corrected chi connectivity index (χ4v) is 2.77. The molecule has 1 aliphatic carbocycles. The molecule has 3 rings (SSSR count). The van der Waals surface area contributed by atoms with Gasteiger partial charge in [-0.3, -0.25) is 0 Å². The topological polar surface area (TPSA) is 29.1 Å². The van der Waals surface area contributed by atoms with Gasteiger partial charge in [-0.05, 0) is 36.6 Å². The molecule has 1 atom stereocenters. The van der Waals surface area contributed by atoms with Gasteiger partial charge in [0.1, 0.15) is 6.29 Å². The first-order valence-electron chi connectivity index (χ1n) is 4.78. The molecule has 1 saturated carbocycles. The van der Waals surface area contributed by atoms with Crippen LogP contribution >= 0.6 is 15.9 Å². The van der Waals surface area contributed by atoms with E-state index in [1.165, 1.54) is 5.56 Å². The highest BCUT2D eigenvalue weighted by Gasteiger charge is 2.55. The average molecular weight is 252 g/mol. The minimum absolute atomic E-state index is 0.00759. The van der Waals surface area contributed by atoms with Crippen molar-refractivity contribution >= 4 is 27.9 Å². The molecule has 72 valence electrons. The third-order valence-corrected chi connectivity index (χ3v) is 3.84. The van der Waals surface area contributed by atoms with Crippen molar-refractivity contribution in [1.82, 2.24) is 0 Å². The standard InChI is InChI=1S/C11H10BrNO/c12-7-1-2-9-8(5-7)11(3-4-11)10(6-14)13-9/h1-2,5-6,10,13H,3-4H2. The molecule has 2 aliphatic rings. The maximum absolute atomic E-state index is 10.9. The van der Waals surface area contributed by atoms with Crippen LogP contribution in [0.5, 0.6) is 0 Å². The molecule has 1 aromatic carbocycles. The number of nitrogens with one attached hydrogen (secondary N) is 1. The van der Waals surface area contributed by atoms with Crippen LogP contribution in [0.25, 0.3) is 0 Å². The highest BCUT2D eigenvalue weighted by molar-refractivity contribution is 9.10. The van der Waals surface area contributed by atoms with E-state index in [9.17, 15) is 4.79 Å². The molecule has 1 spiro atoms. The van der Waals surface area contributed by atoms with Crippen molar-refractivity contribution in [3.8, 4) is 0 Å². The molecule has 0 saturated heterocycles. The van der Waals surface area contributed by atoms with Gasteiger partial charge < -0.3 is 10.1 Å². The number of hydrogen-bond acceptors (Lipinski definition) is 2. The zero-order valence-electron chi connectivity index (χ0n) is 7.59. The summed E-state index contributed by atoms with van der Waals surface area (Å²) in [6.07, 6.45) is 3.31. The molecule has 0 amide bonds. The van der Waals surface area contributed by atoms with Crippen LogP contribution in [0.2, 0.25) is 0 Å². The number of benzene rings is 1. The fraction of sp³-hybridized carbons (Fsp3) is 0.364. The molecule has 1 aliphatic heterocycles. The molecule has 1 aromatic rings. The lowest BCUT2D eigenvalue weighted by Gasteiger charge is -2.11. The van der Waals surface area contributed by atoms with Gasteiger partial charge in [-0.15, -0.1) is 0 Å². The molecule has 1 heterocycles. The SMILES string of the molecule is O=CC1Nc2ccc(Br)cc2C12CC2. The van der Waals surface area contributed by atoms with Crippen molar-refractivity contribution in [3.05, 3.63) is 28.2 Å². The summed E-state index contributed by atoms with van der Waals surface area (Å²) in [5.74, 6) is 0. The second-order valence-electron chi connectivity index (χ2n) is 4.10. The highest BCUT2D eigenvalue weighted by Crippen LogP contribution is 2.57. The molecule has 1 fully saturated rings. The van der Waals surface area contributed by atoms with Crippen LogP contribution in [0.15, 0.2) is 22.7 Å². The van der Waals surface area contributed by atoms with Crippen molar-refractivity contribution in [1.29, 1.82) is 0 Å². The Morgan fingerprint density at radius 1 is 1.50 bits per heavy atom. The van der Waals surface area contributed by atoms with E-state index in [0.29, 0.717) is 0 Å². The Kier molecular flexibility index (Phi) is 1.57. The predicted molar refractivity (Wildman–Crippen MR) is 58.5 cm³/mol. The number of hydrogen-bond donors (Lipinski definition) is 1. The van der Waals surface area contributed by atoms with Crippen molar-refractivity contribution in [2.75, 3.05) is 5.32 Å². The Morgan fingerprint density at radius 3 is 2.93 bits per heavy atom. The molecule has 0 aromatic heterocycles. The van der Waals surface area contributed by atoms with Crippen LogP contribution in [0, 0.1) is 0 Å². The van der Waals surface area contributed by atoms with E-state index in [0.717, 1.165) is 29.3 Å². The Hall–Kier alpha value is -0.830. The zero-order chi connectivity index (χ0) is 9.76. The van der Waals surface area contributed by atoms with E-state index in [4.69, 9.17) is 0 Å². The molecule has 1 N–H and O–H groups in total. The minimum Gasteiger partial charge on any atom is -0.375 e. The third-order valence-electron chi connectivity index (χ3n) is 3.35. The second kappa shape index (κ2) is 2.60. The van der Waals surface area contributed by atoms with Crippen molar-refractivity contribution in [3.63, 3.8) is 0 Å². The van der Waals surface area contributed by atoms with Crippen LogP contribution in [0.1, 0.15) is 18.4 Å². The monoisotopic (exact) mass is 251 g/mol. The summed E-state index contributed by atoms with van der Waals surface area (Å²) >= 11 is 3.47. The van der Waals surface area contributed by atoms with Gasteiger partial charge in [-0.2, -0.15) is 0 Å². The molecule has 2 nitrogen and oxygen atoms in total. The lowest BCUT2D eigenvalue weighted by molar-refractivity contribution is -0.108. The molecule has 14 heavy (non-hydrogen) atoms. The molecule has 3 heteroatoms. The van der Waals surface area contributed by atoms with E-state index in [-0.39, 0.29) is 11.5 Å². The summed E-state index contributed by atoms with van der Waals surface area (Å²) in [6, 6.07) is 6.18. The van der Waals surface area contributed by atoms with Gasteiger partial charge in [0, 0.05) is 15.6 Å². The Labute approximate surface area is 90.8 Å². The van der Waals surface area contributed by atoms with Crippen LogP contribution in [-0.2, 0) is 10.2 Å². The smallest absolute Gasteiger partial charge is 0.143 e. The van der Waals surface area contributed by atoms with Gasteiger partial charge in [-0.25, -0.2) is 0 Å². The van der Waals surface area contributed by atoms with E-state index in [1.807, 2.05) is 12.1 Å². The predicted octanol–water partition coefficient (Wildman–Crippen LogP) is 2.47. The summed E-state index contributed by atoms with van der Waals surface area (Å²) < 4.78 is 1.09. The molecule has 0 radical (unpaired) electrons. The average Bonchev–Trinajstić information content (AvgIpc) is 2.90. The maximum Gasteiger partial charge on any atom is 0.143 e. The van der Waals surface area contributed by atoms with Crippen LogP contribution in [0.3, 0.4) is 0 Å². The Bertz CT molecular complexity index is 412. The highest BCUT2D eigenvalue weighted by atomic mass is 79.9. The van der Waals surface area contributed by atoms with Crippen molar-refractivity contribution in [2.24, 2.45) is 0 Å². The Morgan fingerprint density at radius 2 is 2.29 bits per heavy atom. The quantitative estimate of drug-likeness (QED) is 0.778. The van der Waals surface area contributed by atoms with E-state index in [2.05, 4.69) is 27.3 Å². The lowest BCUT2D eigenvalue weighted by Crippen LogP contribution is -2.27. The first-order valence-corrected chi connectivity index (χ1v) is 5.57. The Balaban J connectivity index is 2.15. The number of fused-ring (bicyclic) bond motifs is 2. The van der Waals surface area contributed by atoms with Crippen molar-refractivity contribution < 1.29 is 4.79 Å². The van der Waals surface area contributed by atoms with Gasteiger partial charge >= 0.3 is 0 Å². The summed E-state index contributed by atoms with van der Waals surface area (Å²) in [5.41, 5.74) is 2.56. The molecule has 0 bridgehead atoms. The zero-order valence-corrected chi connectivity index (χ0v) is 9.17. The van der Waals surface area contributed by atoms with E-state index < -0.39 is 0 Å². The molecular formula is C11H10BrNO. The normalized spacial score (nSPS) is 25.6. The number of aldehydes is 1. The number of anilines is 1.